The lowest BCUT2D eigenvalue weighted by atomic mass is 10.2. The van der Waals surface area contributed by atoms with Gasteiger partial charge in [0.2, 0.25) is 5.13 Å². The zero-order valence-corrected chi connectivity index (χ0v) is 13.2. The minimum absolute atomic E-state index is 0.0957. The Hall–Kier alpha value is -2.18. The van der Waals surface area contributed by atoms with E-state index in [1.165, 1.54) is 23.1 Å². The van der Waals surface area contributed by atoms with Crippen LogP contribution in [0, 0.1) is 0 Å². The number of carbonyl (C=O) groups excluding carboxylic acids is 1. The summed E-state index contributed by atoms with van der Waals surface area (Å²) in [5.74, 6) is 0.461. The summed E-state index contributed by atoms with van der Waals surface area (Å²) in [6, 6.07) is 19.1. The maximum absolute atomic E-state index is 12.0. The Morgan fingerprint density at radius 3 is 2.41 bits per heavy atom. The van der Waals surface area contributed by atoms with Crippen LogP contribution in [0.3, 0.4) is 0 Å². The molecule has 0 fully saturated rings. The predicted molar refractivity (Wildman–Crippen MR) is 91.1 cm³/mol. The molecule has 1 heterocycles. The van der Waals surface area contributed by atoms with Gasteiger partial charge in [0.05, 0.1) is 5.75 Å². The van der Waals surface area contributed by atoms with Gasteiger partial charge in [0, 0.05) is 11.3 Å². The van der Waals surface area contributed by atoms with Crippen molar-refractivity contribution in [2.45, 2.75) is 4.34 Å². The molecule has 0 radical (unpaired) electrons. The molecule has 0 spiro atoms. The third kappa shape index (κ3) is 3.93. The van der Waals surface area contributed by atoms with Crippen LogP contribution in [0.1, 0.15) is 10.4 Å². The van der Waals surface area contributed by atoms with Gasteiger partial charge in [0.25, 0.3) is 0 Å². The Kier molecular flexibility index (Phi) is 4.82. The van der Waals surface area contributed by atoms with Gasteiger partial charge in [-0.15, -0.1) is 10.2 Å². The fraction of sp³-hybridized carbons (Fsp3) is 0.0625. The Morgan fingerprint density at radius 2 is 1.68 bits per heavy atom. The molecule has 1 N–H and O–H groups in total. The van der Waals surface area contributed by atoms with E-state index in [4.69, 9.17) is 0 Å². The van der Waals surface area contributed by atoms with Gasteiger partial charge in [0.15, 0.2) is 10.1 Å². The molecule has 2 aromatic carbocycles. The average Bonchev–Trinajstić information content (AvgIpc) is 3.02. The maximum Gasteiger partial charge on any atom is 0.210 e. The number of nitrogens with zero attached hydrogens (tertiary/aromatic N) is 2. The van der Waals surface area contributed by atoms with Crippen LogP contribution in [0.2, 0.25) is 0 Å². The number of thioether (sulfide) groups is 1. The van der Waals surface area contributed by atoms with E-state index in [0.717, 1.165) is 20.7 Å². The summed E-state index contributed by atoms with van der Waals surface area (Å²) >= 11 is 2.85. The van der Waals surface area contributed by atoms with Gasteiger partial charge in [-0.25, -0.2) is 0 Å². The first-order valence-corrected chi connectivity index (χ1v) is 8.48. The number of hydrogen-bond acceptors (Lipinski definition) is 6. The zero-order chi connectivity index (χ0) is 15.2. The Labute approximate surface area is 136 Å². The molecule has 0 aliphatic heterocycles. The van der Waals surface area contributed by atoms with E-state index < -0.39 is 0 Å². The molecular formula is C16H13N3OS2. The summed E-state index contributed by atoms with van der Waals surface area (Å²) in [6.07, 6.45) is 0. The van der Waals surface area contributed by atoms with E-state index in [1.807, 2.05) is 60.7 Å². The molecule has 0 bridgehead atoms. The van der Waals surface area contributed by atoms with Gasteiger partial charge in [-0.05, 0) is 12.1 Å². The molecular weight excluding hydrogens is 314 g/mol. The van der Waals surface area contributed by atoms with Crippen LogP contribution in [0.4, 0.5) is 10.8 Å². The highest BCUT2D eigenvalue weighted by atomic mass is 32.2. The van der Waals surface area contributed by atoms with Crippen LogP contribution in [0.25, 0.3) is 0 Å². The summed E-state index contributed by atoms with van der Waals surface area (Å²) < 4.78 is 0.780. The highest BCUT2D eigenvalue weighted by Gasteiger charge is 2.09. The van der Waals surface area contributed by atoms with Gasteiger partial charge >= 0.3 is 0 Å². The first-order chi connectivity index (χ1) is 10.8. The van der Waals surface area contributed by atoms with E-state index in [-0.39, 0.29) is 5.78 Å². The van der Waals surface area contributed by atoms with Crippen LogP contribution < -0.4 is 5.32 Å². The number of Topliss-reactive ketones (excluding diaryl/α,β-unsaturated/α-hetero) is 1. The smallest absolute Gasteiger partial charge is 0.210 e. The first kappa shape index (κ1) is 14.7. The molecule has 0 atom stereocenters. The summed E-state index contributed by atoms with van der Waals surface area (Å²) in [4.78, 5) is 12.0. The molecule has 0 aliphatic carbocycles. The van der Waals surface area contributed by atoms with Gasteiger partial charge in [-0.2, -0.15) is 0 Å². The summed E-state index contributed by atoms with van der Waals surface area (Å²) in [6.45, 7) is 0. The fourth-order valence-electron chi connectivity index (χ4n) is 1.80. The number of anilines is 2. The maximum atomic E-state index is 12.0. The van der Waals surface area contributed by atoms with Crippen LogP contribution in [-0.2, 0) is 0 Å². The van der Waals surface area contributed by atoms with E-state index in [1.54, 1.807) is 0 Å². The molecule has 1 aromatic heterocycles. The van der Waals surface area contributed by atoms with Crippen LogP contribution in [0.15, 0.2) is 65.0 Å². The highest BCUT2D eigenvalue weighted by molar-refractivity contribution is 8.01. The topological polar surface area (TPSA) is 54.9 Å². The average molecular weight is 327 g/mol. The molecule has 0 amide bonds. The van der Waals surface area contributed by atoms with Gasteiger partial charge in [-0.3, -0.25) is 4.79 Å². The van der Waals surface area contributed by atoms with Crippen molar-refractivity contribution < 1.29 is 4.79 Å². The number of aromatic nitrogens is 2. The van der Waals surface area contributed by atoms with Crippen LogP contribution in [0.5, 0.6) is 0 Å². The van der Waals surface area contributed by atoms with Gasteiger partial charge < -0.3 is 5.32 Å². The number of ketones is 1. The SMILES string of the molecule is O=C(CSc1nnc(Nc2ccccc2)s1)c1ccccc1. The second kappa shape index (κ2) is 7.20. The molecule has 3 rings (SSSR count). The minimum atomic E-state index is 0.0957. The van der Waals surface area contributed by atoms with Crippen molar-refractivity contribution in [1.29, 1.82) is 0 Å². The van der Waals surface area contributed by atoms with E-state index >= 15 is 0 Å². The lowest BCUT2D eigenvalue weighted by molar-refractivity contribution is 0.102. The lowest BCUT2D eigenvalue weighted by Gasteiger charge is -1.99. The predicted octanol–water partition coefficient (Wildman–Crippen LogP) is 4.26. The minimum Gasteiger partial charge on any atom is -0.330 e. The van der Waals surface area contributed by atoms with E-state index in [9.17, 15) is 4.79 Å². The lowest BCUT2D eigenvalue weighted by Crippen LogP contribution is -2.01. The van der Waals surface area contributed by atoms with Crippen LogP contribution in [-0.4, -0.2) is 21.7 Å². The van der Waals surface area contributed by atoms with E-state index in [0.29, 0.717) is 5.75 Å². The van der Waals surface area contributed by atoms with Crippen molar-refractivity contribution in [3.8, 4) is 0 Å². The molecule has 110 valence electrons. The third-order valence-electron chi connectivity index (χ3n) is 2.85. The molecule has 22 heavy (non-hydrogen) atoms. The van der Waals surface area contributed by atoms with Crippen molar-refractivity contribution in [2.75, 3.05) is 11.1 Å². The highest BCUT2D eigenvalue weighted by Crippen LogP contribution is 2.28. The molecule has 0 saturated heterocycles. The second-order valence-corrected chi connectivity index (χ2v) is 6.64. The standard InChI is InChI=1S/C16H13N3OS2/c20-14(12-7-3-1-4-8-12)11-21-16-19-18-15(22-16)17-13-9-5-2-6-10-13/h1-10H,11H2,(H,17,18). The summed E-state index contributed by atoms with van der Waals surface area (Å²) in [5, 5.41) is 12.1. The van der Waals surface area contributed by atoms with Gasteiger partial charge in [0.1, 0.15) is 0 Å². The molecule has 0 aliphatic rings. The van der Waals surface area contributed by atoms with Crippen molar-refractivity contribution in [3.63, 3.8) is 0 Å². The zero-order valence-electron chi connectivity index (χ0n) is 11.6. The molecule has 4 nitrogen and oxygen atoms in total. The number of rotatable bonds is 6. The number of hydrogen-bond donors (Lipinski definition) is 1. The number of carbonyl (C=O) groups is 1. The molecule has 6 heteroatoms. The fourth-order valence-corrected chi connectivity index (χ4v) is 3.46. The molecule has 0 saturated carbocycles. The third-order valence-corrected chi connectivity index (χ3v) is 4.83. The Morgan fingerprint density at radius 1 is 1.00 bits per heavy atom. The Bertz CT molecular complexity index is 744. The second-order valence-electron chi connectivity index (χ2n) is 4.44. The van der Waals surface area contributed by atoms with E-state index in [2.05, 4.69) is 15.5 Å². The largest absolute Gasteiger partial charge is 0.330 e. The first-order valence-electron chi connectivity index (χ1n) is 6.68. The Balaban J connectivity index is 1.57. The number of para-hydroxylation sites is 1. The summed E-state index contributed by atoms with van der Waals surface area (Å²) in [7, 11) is 0. The number of benzene rings is 2. The van der Waals surface area contributed by atoms with Crippen molar-refractivity contribution in [1.82, 2.24) is 10.2 Å². The molecule has 0 unspecified atom stereocenters. The van der Waals surface area contributed by atoms with Gasteiger partial charge in [-0.1, -0.05) is 71.6 Å². The molecule has 3 aromatic rings. The number of nitrogens with one attached hydrogen (secondary N) is 1. The monoisotopic (exact) mass is 327 g/mol. The van der Waals surface area contributed by atoms with Crippen molar-refractivity contribution >= 4 is 39.7 Å². The van der Waals surface area contributed by atoms with Crippen molar-refractivity contribution in [3.05, 3.63) is 66.2 Å². The normalized spacial score (nSPS) is 10.4. The summed E-state index contributed by atoms with van der Waals surface area (Å²) in [5.41, 5.74) is 1.69. The quantitative estimate of drug-likeness (QED) is 0.541. The van der Waals surface area contributed by atoms with Crippen molar-refractivity contribution in [2.24, 2.45) is 0 Å². The van der Waals surface area contributed by atoms with Crippen LogP contribution >= 0.6 is 23.1 Å².